The molecule has 0 saturated carbocycles. The highest BCUT2D eigenvalue weighted by Gasteiger charge is 2.18. The van der Waals surface area contributed by atoms with Crippen LogP contribution < -0.4 is 4.90 Å². The van der Waals surface area contributed by atoms with Gasteiger partial charge >= 0.3 is 0 Å². The highest BCUT2D eigenvalue weighted by Crippen LogP contribution is 2.18. The van der Waals surface area contributed by atoms with E-state index in [4.69, 9.17) is 4.74 Å². The van der Waals surface area contributed by atoms with Crippen molar-refractivity contribution in [2.75, 3.05) is 18.6 Å². The predicted molar refractivity (Wildman–Crippen MR) is 68.1 cm³/mol. The van der Waals surface area contributed by atoms with E-state index in [0.717, 1.165) is 31.6 Å². The number of carbonyl (C=O) groups excluding carboxylic acids is 1. The molecule has 2 rings (SSSR count). The van der Waals surface area contributed by atoms with E-state index in [9.17, 15) is 4.79 Å². The third-order valence-electron chi connectivity index (χ3n) is 3.22. The van der Waals surface area contributed by atoms with Crippen molar-refractivity contribution >= 4 is 11.6 Å². The Hall–Kier alpha value is -1.35. The summed E-state index contributed by atoms with van der Waals surface area (Å²) in [6.45, 7) is 0.855. The van der Waals surface area contributed by atoms with E-state index in [-0.39, 0.29) is 5.91 Å². The van der Waals surface area contributed by atoms with Gasteiger partial charge in [0.15, 0.2) is 0 Å². The number of hydrogen-bond acceptors (Lipinski definition) is 2. The smallest absolute Gasteiger partial charge is 0.226 e. The van der Waals surface area contributed by atoms with E-state index >= 15 is 0 Å². The van der Waals surface area contributed by atoms with Gasteiger partial charge in [0.05, 0.1) is 6.10 Å². The van der Waals surface area contributed by atoms with Gasteiger partial charge < -0.3 is 9.64 Å². The summed E-state index contributed by atoms with van der Waals surface area (Å²) >= 11 is 0. The lowest BCUT2D eigenvalue weighted by Crippen LogP contribution is -2.26. The Labute approximate surface area is 102 Å². The number of carbonyl (C=O) groups is 1. The molecule has 0 aromatic heterocycles. The van der Waals surface area contributed by atoms with Gasteiger partial charge in [0.25, 0.3) is 0 Å². The summed E-state index contributed by atoms with van der Waals surface area (Å²) in [5, 5.41) is 0. The summed E-state index contributed by atoms with van der Waals surface area (Å²) in [4.78, 5) is 13.7. The van der Waals surface area contributed by atoms with Crippen LogP contribution >= 0.6 is 0 Å². The molecule has 1 amide bonds. The monoisotopic (exact) mass is 233 g/mol. The van der Waals surface area contributed by atoms with Gasteiger partial charge in [0.2, 0.25) is 5.91 Å². The minimum absolute atomic E-state index is 0.159. The summed E-state index contributed by atoms with van der Waals surface area (Å²) < 4.78 is 5.52. The number of anilines is 1. The minimum Gasteiger partial charge on any atom is -0.378 e. The standard InChI is InChI=1S/C14H19NO2/c1-15(12-6-3-2-4-7-12)14(16)10-9-13-8-5-11-17-13/h2-4,6-7,13H,5,8-11H2,1H3/t13-/m1/s1. The van der Waals surface area contributed by atoms with Crippen LogP contribution in [0.1, 0.15) is 25.7 Å². The molecular formula is C14H19NO2. The van der Waals surface area contributed by atoms with E-state index in [1.807, 2.05) is 37.4 Å². The minimum atomic E-state index is 0.159. The van der Waals surface area contributed by atoms with Crippen molar-refractivity contribution < 1.29 is 9.53 Å². The lowest BCUT2D eigenvalue weighted by molar-refractivity contribution is -0.118. The average Bonchev–Trinajstić information content (AvgIpc) is 2.89. The second kappa shape index (κ2) is 5.82. The van der Waals surface area contributed by atoms with Crippen molar-refractivity contribution in [1.82, 2.24) is 0 Å². The van der Waals surface area contributed by atoms with Crippen molar-refractivity contribution in [2.24, 2.45) is 0 Å². The SMILES string of the molecule is CN(C(=O)CC[C@H]1CCCO1)c1ccccc1. The van der Waals surface area contributed by atoms with E-state index < -0.39 is 0 Å². The number of nitrogens with zero attached hydrogens (tertiary/aromatic N) is 1. The van der Waals surface area contributed by atoms with Crippen molar-refractivity contribution in [2.45, 2.75) is 31.8 Å². The second-order valence-corrected chi connectivity index (χ2v) is 4.46. The molecule has 1 fully saturated rings. The molecule has 0 radical (unpaired) electrons. The number of rotatable bonds is 4. The first-order chi connectivity index (χ1) is 8.27. The number of amides is 1. The highest BCUT2D eigenvalue weighted by atomic mass is 16.5. The van der Waals surface area contributed by atoms with Crippen LogP contribution in [0.2, 0.25) is 0 Å². The van der Waals surface area contributed by atoms with Gasteiger partial charge in [0.1, 0.15) is 0 Å². The number of ether oxygens (including phenoxy) is 1. The summed E-state index contributed by atoms with van der Waals surface area (Å²) in [5.41, 5.74) is 0.949. The van der Waals surface area contributed by atoms with Crippen molar-refractivity contribution in [3.63, 3.8) is 0 Å². The Balaban J connectivity index is 1.83. The summed E-state index contributed by atoms with van der Waals surface area (Å²) in [7, 11) is 1.83. The van der Waals surface area contributed by atoms with Crippen LogP contribution in [0.15, 0.2) is 30.3 Å². The fraction of sp³-hybridized carbons (Fsp3) is 0.500. The molecule has 0 unspecified atom stereocenters. The van der Waals surface area contributed by atoms with Crippen molar-refractivity contribution in [3.05, 3.63) is 30.3 Å². The van der Waals surface area contributed by atoms with Gasteiger partial charge in [-0.15, -0.1) is 0 Å². The molecule has 1 aliphatic heterocycles. The fourth-order valence-electron chi connectivity index (χ4n) is 2.12. The van der Waals surface area contributed by atoms with Gasteiger partial charge in [-0.05, 0) is 31.4 Å². The second-order valence-electron chi connectivity index (χ2n) is 4.46. The maximum Gasteiger partial charge on any atom is 0.226 e. The van der Waals surface area contributed by atoms with Crippen molar-refractivity contribution in [3.8, 4) is 0 Å². The Morgan fingerprint density at radius 2 is 2.18 bits per heavy atom. The van der Waals surface area contributed by atoms with Crippen LogP contribution in [0.4, 0.5) is 5.69 Å². The normalized spacial score (nSPS) is 19.2. The first-order valence-electron chi connectivity index (χ1n) is 6.20. The number of para-hydroxylation sites is 1. The molecule has 0 spiro atoms. The highest BCUT2D eigenvalue weighted by molar-refractivity contribution is 5.92. The van der Waals surface area contributed by atoms with Gasteiger partial charge in [-0.25, -0.2) is 0 Å². The Morgan fingerprint density at radius 1 is 1.41 bits per heavy atom. The zero-order chi connectivity index (χ0) is 12.1. The van der Waals surface area contributed by atoms with E-state index in [0.29, 0.717) is 12.5 Å². The summed E-state index contributed by atoms with van der Waals surface area (Å²) in [6.07, 6.45) is 3.94. The van der Waals surface area contributed by atoms with Crippen LogP contribution in [-0.2, 0) is 9.53 Å². The lowest BCUT2D eigenvalue weighted by atomic mass is 10.1. The van der Waals surface area contributed by atoms with Crippen LogP contribution in [0.3, 0.4) is 0 Å². The Kier molecular flexibility index (Phi) is 4.15. The quantitative estimate of drug-likeness (QED) is 0.800. The van der Waals surface area contributed by atoms with Gasteiger partial charge in [-0.1, -0.05) is 18.2 Å². The Morgan fingerprint density at radius 3 is 2.82 bits per heavy atom. The number of hydrogen-bond donors (Lipinski definition) is 0. The molecule has 1 saturated heterocycles. The van der Waals surface area contributed by atoms with E-state index in [2.05, 4.69) is 0 Å². The van der Waals surface area contributed by atoms with Gasteiger partial charge in [0, 0.05) is 25.8 Å². The van der Waals surface area contributed by atoms with Gasteiger partial charge in [-0.3, -0.25) is 4.79 Å². The van der Waals surface area contributed by atoms with Crippen LogP contribution in [0.25, 0.3) is 0 Å². The average molecular weight is 233 g/mol. The fourth-order valence-corrected chi connectivity index (χ4v) is 2.12. The van der Waals surface area contributed by atoms with Gasteiger partial charge in [-0.2, -0.15) is 0 Å². The molecule has 0 aliphatic carbocycles. The van der Waals surface area contributed by atoms with Crippen LogP contribution in [0.5, 0.6) is 0 Å². The number of benzene rings is 1. The summed E-state index contributed by atoms with van der Waals surface area (Å²) in [5.74, 6) is 0.159. The molecule has 17 heavy (non-hydrogen) atoms. The third kappa shape index (κ3) is 3.30. The molecule has 0 bridgehead atoms. The molecule has 1 heterocycles. The molecule has 92 valence electrons. The Bertz CT molecular complexity index is 358. The molecule has 3 heteroatoms. The molecule has 1 aromatic carbocycles. The molecule has 3 nitrogen and oxygen atoms in total. The topological polar surface area (TPSA) is 29.5 Å². The molecular weight excluding hydrogens is 214 g/mol. The van der Waals surface area contributed by atoms with Crippen LogP contribution in [0, 0.1) is 0 Å². The zero-order valence-electron chi connectivity index (χ0n) is 10.3. The van der Waals surface area contributed by atoms with E-state index in [1.54, 1.807) is 4.90 Å². The van der Waals surface area contributed by atoms with Crippen molar-refractivity contribution in [1.29, 1.82) is 0 Å². The maximum absolute atomic E-state index is 12.0. The summed E-state index contributed by atoms with van der Waals surface area (Å²) in [6, 6.07) is 9.74. The van der Waals surface area contributed by atoms with E-state index in [1.165, 1.54) is 0 Å². The maximum atomic E-state index is 12.0. The molecule has 0 N–H and O–H groups in total. The largest absolute Gasteiger partial charge is 0.378 e. The zero-order valence-corrected chi connectivity index (χ0v) is 10.3. The third-order valence-corrected chi connectivity index (χ3v) is 3.22. The first-order valence-corrected chi connectivity index (χ1v) is 6.20. The molecule has 1 atom stereocenters. The predicted octanol–water partition coefficient (Wildman–Crippen LogP) is 2.61. The van der Waals surface area contributed by atoms with Crippen LogP contribution in [-0.4, -0.2) is 25.7 Å². The lowest BCUT2D eigenvalue weighted by Gasteiger charge is -2.18. The molecule has 1 aliphatic rings. The first kappa shape index (κ1) is 12.1. The molecule has 1 aromatic rings.